The molecule has 2 rings (SSSR count). The second-order valence-corrected chi connectivity index (χ2v) is 10.3. The summed E-state index contributed by atoms with van der Waals surface area (Å²) in [5.41, 5.74) is 0.704. The summed E-state index contributed by atoms with van der Waals surface area (Å²) in [5, 5.41) is 9.16. The van der Waals surface area contributed by atoms with Crippen LogP contribution in [-0.4, -0.2) is 83.4 Å². The summed E-state index contributed by atoms with van der Waals surface area (Å²) in [6, 6.07) is 2.28. The average molecular weight is 553 g/mol. The molecule has 2 aromatic rings. The highest BCUT2D eigenvalue weighted by molar-refractivity contribution is 5.92. The molecule has 2 amide bonds. The van der Waals surface area contributed by atoms with Gasteiger partial charge in [-0.15, -0.1) is 0 Å². The van der Waals surface area contributed by atoms with Gasteiger partial charge in [0, 0.05) is 56.1 Å². The van der Waals surface area contributed by atoms with Crippen molar-refractivity contribution in [3.05, 3.63) is 48.2 Å². The molecular formula is C29H41FN8O2. The van der Waals surface area contributed by atoms with Gasteiger partial charge in [-0.05, 0) is 53.8 Å². The highest BCUT2D eigenvalue weighted by Crippen LogP contribution is 2.21. The Morgan fingerprint density at radius 2 is 1.95 bits per heavy atom. The molecule has 0 aliphatic carbocycles. The smallest absolute Gasteiger partial charge is 0.246 e. The molecule has 2 heterocycles. The summed E-state index contributed by atoms with van der Waals surface area (Å²) in [7, 11) is 5.45. The number of rotatable bonds is 13. The number of amides is 2. The zero-order chi connectivity index (χ0) is 29.7. The lowest BCUT2D eigenvalue weighted by Crippen LogP contribution is -2.46. The molecule has 1 atom stereocenters. The minimum atomic E-state index is -0.606. The number of anilines is 3. The van der Waals surface area contributed by atoms with E-state index in [2.05, 4.69) is 42.7 Å². The monoisotopic (exact) mass is 552 g/mol. The first-order chi connectivity index (χ1) is 18.9. The normalized spacial score (nSPS) is 12.0. The molecule has 0 aliphatic rings. The molecular weight excluding hydrogens is 511 g/mol. The third-order valence-corrected chi connectivity index (χ3v) is 5.94. The number of nitrogens with zero attached hydrogens (tertiary/aromatic N) is 5. The molecule has 0 saturated heterocycles. The fraction of sp³-hybridized carbons (Fsp3) is 0.483. The van der Waals surface area contributed by atoms with Crippen LogP contribution < -0.4 is 16.0 Å². The Hall–Kier alpha value is -4.04. The first-order valence-corrected chi connectivity index (χ1v) is 13.3. The molecule has 0 unspecified atom stereocenters. The zero-order valence-corrected chi connectivity index (χ0v) is 24.5. The fourth-order valence-corrected chi connectivity index (χ4v) is 3.31. The van der Waals surface area contributed by atoms with Crippen molar-refractivity contribution in [1.29, 1.82) is 0 Å². The van der Waals surface area contributed by atoms with E-state index in [4.69, 9.17) is 0 Å². The van der Waals surface area contributed by atoms with Crippen LogP contribution in [0.5, 0.6) is 0 Å². The van der Waals surface area contributed by atoms with Crippen LogP contribution in [0.4, 0.5) is 21.8 Å². The summed E-state index contributed by atoms with van der Waals surface area (Å²) in [5.74, 6) is 6.28. The SMILES string of the molecule is CCCNc1nc(Nc2ccnc(F)c2)ncc1C#CC(C)(C)CCNC(=O)[C@H](C)N(C)C(=O)/C=C/CN(C)C. The molecule has 10 nitrogen and oxygen atoms in total. The van der Waals surface area contributed by atoms with Gasteiger partial charge in [0.15, 0.2) is 0 Å². The minimum Gasteiger partial charge on any atom is -0.369 e. The number of hydrogen-bond donors (Lipinski definition) is 3. The number of pyridine rings is 1. The Bertz CT molecular complexity index is 1240. The molecule has 0 aliphatic heterocycles. The van der Waals surface area contributed by atoms with E-state index in [0.717, 1.165) is 6.42 Å². The standard InChI is InChI=1S/C29H41FN8O2/c1-8-15-32-26-22(20-34-28(36-26)35-23-12-16-31-24(30)19-23)11-13-29(3,4)14-17-33-27(40)21(2)38(7)25(39)10-9-18-37(5)6/h9-10,12,16,19-21H,8,14-15,17-18H2,1-7H3,(H,33,40)(H2,31,32,34,35,36)/b10-9+/t21-/m0/s1. The maximum Gasteiger partial charge on any atom is 0.246 e. The second-order valence-electron chi connectivity index (χ2n) is 10.3. The fourth-order valence-electron chi connectivity index (χ4n) is 3.31. The Morgan fingerprint density at radius 3 is 2.62 bits per heavy atom. The van der Waals surface area contributed by atoms with Crippen molar-refractivity contribution >= 4 is 29.3 Å². The van der Waals surface area contributed by atoms with E-state index >= 15 is 0 Å². The number of aromatic nitrogens is 3. The maximum atomic E-state index is 13.4. The van der Waals surface area contributed by atoms with Crippen molar-refractivity contribution in [1.82, 2.24) is 30.1 Å². The maximum absolute atomic E-state index is 13.4. The van der Waals surface area contributed by atoms with Crippen LogP contribution in [0.15, 0.2) is 36.7 Å². The van der Waals surface area contributed by atoms with Gasteiger partial charge >= 0.3 is 0 Å². The number of likely N-dealkylation sites (N-methyl/N-ethyl adjacent to an activating group) is 2. The largest absolute Gasteiger partial charge is 0.369 e. The van der Waals surface area contributed by atoms with Gasteiger partial charge < -0.3 is 25.8 Å². The van der Waals surface area contributed by atoms with Crippen molar-refractivity contribution in [2.75, 3.05) is 51.4 Å². The highest BCUT2D eigenvalue weighted by Gasteiger charge is 2.22. The minimum absolute atomic E-state index is 0.223. The second kappa shape index (κ2) is 15.5. The Kier molecular flexibility index (Phi) is 12.5. The molecule has 3 N–H and O–H groups in total. The van der Waals surface area contributed by atoms with Gasteiger partial charge in [-0.2, -0.15) is 9.37 Å². The molecule has 40 heavy (non-hydrogen) atoms. The Balaban J connectivity index is 2.01. The quantitative estimate of drug-likeness (QED) is 0.197. The summed E-state index contributed by atoms with van der Waals surface area (Å²) < 4.78 is 13.4. The number of nitrogens with one attached hydrogen (secondary N) is 3. The number of halogens is 1. The van der Waals surface area contributed by atoms with Crippen LogP contribution in [0.25, 0.3) is 0 Å². The first-order valence-electron chi connectivity index (χ1n) is 13.3. The van der Waals surface area contributed by atoms with E-state index in [9.17, 15) is 14.0 Å². The highest BCUT2D eigenvalue weighted by atomic mass is 19.1. The van der Waals surface area contributed by atoms with Gasteiger partial charge in [0.1, 0.15) is 11.9 Å². The van der Waals surface area contributed by atoms with Crippen molar-refractivity contribution in [2.24, 2.45) is 5.41 Å². The molecule has 0 spiro atoms. The molecule has 0 radical (unpaired) electrons. The van der Waals surface area contributed by atoms with Crippen LogP contribution in [0.1, 0.15) is 46.1 Å². The third kappa shape index (κ3) is 11.0. The Morgan fingerprint density at radius 1 is 1.20 bits per heavy atom. The van der Waals surface area contributed by atoms with E-state index in [0.29, 0.717) is 49.1 Å². The predicted molar refractivity (Wildman–Crippen MR) is 157 cm³/mol. The van der Waals surface area contributed by atoms with Crippen LogP contribution in [-0.2, 0) is 9.59 Å². The summed E-state index contributed by atoms with van der Waals surface area (Å²) in [6.07, 6.45) is 7.73. The molecule has 0 fully saturated rings. The lowest BCUT2D eigenvalue weighted by atomic mass is 9.90. The van der Waals surface area contributed by atoms with E-state index in [1.807, 2.05) is 39.8 Å². The number of carbonyl (C=O) groups is 2. The molecule has 11 heteroatoms. The molecule has 216 valence electrons. The number of hydrogen-bond acceptors (Lipinski definition) is 8. The van der Waals surface area contributed by atoms with Crippen molar-refractivity contribution in [3.63, 3.8) is 0 Å². The molecule has 0 bridgehead atoms. The van der Waals surface area contributed by atoms with Crippen LogP contribution in [0.3, 0.4) is 0 Å². The van der Waals surface area contributed by atoms with Gasteiger partial charge in [-0.25, -0.2) is 9.97 Å². The predicted octanol–water partition coefficient (Wildman–Crippen LogP) is 3.42. The Labute approximate surface area is 236 Å². The molecule has 0 aromatic carbocycles. The van der Waals surface area contributed by atoms with Crippen molar-refractivity contribution in [2.45, 2.75) is 46.6 Å². The van der Waals surface area contributed by atoms with Crippen LogP contribution in [0, 0.1) is 23.2 Å². The van der Waals surface area contributed by atoms with E-state index in [1.54, 1.807) is 32.3 Å². The summed E-state index contributed by atoms with van der Waals surface area (Å²) >= 11 is 0. The summed E-state index contributed by atoms with van der Waals surface area (Å²) in [4.78, 5) is 40.7. The van der Waals surface area contributed by atoms with E-state index in [1.165, 1.54) is 23.2 Å². The lowest BCUT2D eigenvalue weighted by Gasteiger charge is -2.24. The van der Waals surface area contributed by atoms with Gasteiger partial charge in [0.05, 0.1) is 11.8 Å². The van der Waals surface area contributed by atoms with Gasteiger partial charge in [0.25, 0.3) is 0 Å². The van der Waals surface area contributed by atoms with E-state index < -0.39 is 17.4 Å². The van der Waals surface area contributed by atoms with Crippen molar-refractivity contribution < 1.29 is 14.0 Å². The number of carbonyl (C=O) groups excluding carboxylic acids is 2. The molecule has 0 saturated carbocycles. The topological polar surface area (TPSA) is 115 Å². The first kappa shape index (κ1) is 32.2. The average Bonchev–Trinajstić information content (AvgIpc) is 2.90. The lowest BCUT2D eigenvalue weighted by molar-refractivity contribution is -0.135. The third-order valence-electron chi connectivity index (χ3n) is 5.94. The van der Waals surface area contributed by atoms with Gasteiger partial charge in [0.2, 0.25) is 23.7 Å². The summed E-state index contributed by atoms with van der Waals surface area (Å²) in [6.45, 7) is 9.49. The molecule has 2 aromatic heterocycles. The van der Waals surface area contributed by atoms with Crippen molar-refractivity contribution in [3.8, 4) is 11.8 Å². The van der Waals surface area contributed by atoms with E-state index in [-0.39, 0.29) is 11.8 Å². The van der Waals surface area contributed by atoms with Gasteiger partial charge in [-0.1, -0.05) is 24.8 Å². The zero-order valence-electron chi connectivity index (χ0n) is 24.5. The van der Waals surface area contributed by atoms with Crippen LogP contribution in [0.2, 0.25) is 0 Å². The van der Waals surface area contributed by atoms with Crippen LogP contribution >= 0.6 is 0 Å². The van der Waals surface area contributed by atoms with Gasteiger partial charge in [-0.3, -0.25) is 9.59 Å².